The maximum atomic E-state index is 13.0. The van der Waals surface area contributed by atoms with Crippen molar-refractivity contribution in [2.24, 2.45) is 5.73 Å². The maximum absolute atomic E-state index is 13.0. The Balaban J connectivity index is 1.61. The van der Waals surface area contributed by atoms with Crippen molar-refractivity contribution in [3.8, 4) is 0 Å². The average Bonchev–Trinajstić information content (AvgIpc) is 3.27. The fourth-order valence-electron chi connectivity index (χ4n) is 3.97. The maximum Gasteiger partial charge on any atom is 0.243 e. The van der Waals surface area contributed by atoms with Crippen LogP contribution in [0.15, 0.2) is 48.5 Å². The number of benzene rings is 2. The van der Waals surface area contributed by atoms with Crippen LogP contribution in [0.4, 0.5) is 0 Å². The van der Waals surface area contributed by atoms with E-state index in [1.807, 2.05) is 6.07 Å². The monoisotopic (exact) mass is 492 g/mol. The molecule has 2 aromatic rings. The van der Waals surface area contributed by atoms with Crippen LogP contribution in [0.2, 0.25) is 5.02 Å². The van der Waals surface area contributed by atoms with Gasteiger partial charge in [-0.3, -0.25) is 9.59 Å². The highest BCUT2D eigenvalue weighted by atomic mass is 35.5. The molecule has 0 saturated carbocycles. The Labute approximate surface area is 199 Å². The van der Waals surface area contributed by atoms with Crippen molar-refractivity contribution in [3.05, 3.63) is 70.2 Å². The molecule has 4 N–H and O–H groups in total. The molecule has 178 valence electrons. The number of hydrogen-bond donors (Lipinski definition) is 3. The van der Waals surface area contributed by atoms with E-state index in [1.54, 1.807) is 42.5 Å². The lowest BCUT2D eigenvalue weighted by Gasteiger charge is -2.27. The number of halogens is 1. The lowest BCUT2D eigenvalue weighted by molar-refractivity contribution is -0.139. The zero-order valence-corrected chi connectivity index (χ0v) is 20.0. The SMILES string of the molecule is C[C@@H](NS(=O)(=O)Cc1ccccc1)C(=O)N1CCC[C@H]1C(=O)NCc1cc(Cl)ccc1CN. The number of carbonyl (C=O) groups excluding carboxylic acids is 2. The van der Waals surface area contributed by atoms with Crippen molar-refractivity contribution in [3.63, 3.8) is 0 Å². The number of nitrogens with two attached hydrogens (primary N) is 1. The van der Waals surface area contributed by atoms with Gasteiger partial charge in [-0.2, -0.15) is 0 Å². The van der Waals surface area contributed by atoms with Crippen molar-refractivity contribution in [2.45, 2.75) is 50.7 Å². The van der Waals surface area contributed by atoms with E-state index < -0.39 is 28.0 Å². The zero-order valence-electron chi connectivity index (χ0n) is 18.5. The lowest BCUT2D eigenvalue weighted by atomic mass is 10.1. The third-order valence-electron chi connectivity index (χ3n) is 5.61. The molecule has 33 heavy (non-hydrogen) atoms. The Bertz CT molecular complexity index is 1090. The number of rotatable bonds is 9. The molecule has 0 radical (unpaired) electrons. The molecular weight excluding hydrogens is 464 g/mol. The van der Waals surface area contributed by atoms with Crippen LogP contribution in [0.5, 0.6) is 0 Å². The first-order valence-corrected chi connectivity index (χ1v) is 12.8. The summed E-state index contributed by atoms with van der Waals surface area (Å²) in [5.74, 6) is -0.934. The van der Waals surface area contributed by atoms with E-state index in [1.165, 1.54) is 11.8 Å². The first kappa shape index (κ1) is 25.2. The van der Waals surface area contributed by atoms with Gasteiger partial charge in [-0.1, -0.05) is 48.0 Å². The third kappa shape index (κ3) is 6.77. The predicted molar refractivity (Wildman–Crippen MR) is 128 cm³/mol. The smallest absolute Gasteiger partial charge is 0.243 e. The Hall–Kier alpha value is -2.46. The summed E-state index contributed by atoms with van der Waals surface area (Å²) < 4.78 is 27.5. The summed E-state index contributed by atoms with van der Waals surface area (Å²) in [6.45, 7) is 2.45. The number of nitrogens with zero attached hydrogens (tertiary/aromatic N) is 1. The molecule has 1 aliphatic heterocycles. The molecule has 0 spiro atoms. The van der Waals surface area contributed by atoms with Crippen molar-refractivity contribution in [1.29, 1.82) is 0 Å². The van der Waals surface area contributed by atoms with Crippen LogP contribution in [-0.4, -0.2) is 43.8 Å². The summed E-state index contributed by atoms with van der Waals surface area (Å²) >= 11 is 6.06. The van der Waals surface area contributed by atoms with Crippen LogP contribution >= 0.6 is 11.6 Å². The summed E-state index contributed by atoms with van der Waals surface area (Å²) in [6, 6.07) is 12.4. The quantitative estimate of drug-likeness (QED) is 0.493. The molecular formula is C23H29ClN4O4S. The molecule has 2 amide bonds. The van der Waals surface area contributed by atoms with E-state index in [9.17, 15) is 18.0 Å². The number of carbonyl (C=O) groups is 2. The topological polar surface area (TPSA) is 122 Å². The van der Waals surface area contributed by atoms with E-state index in [4.69, 9.17) is 17.3 Å². The number of nitrogens with one attached hydrogen (secondary N) is 2. The Morgan fingerprint density at radius 1 is 1.18 bits per heavy atom. The largest absolute Gasteiger partial charge is 0.350 e. The van der Waals surface area contributed by atoms with E-state index in [2.05, 4.69) is 10.0 Å². The van der Waals surface area contributed by atoms with E-state index in [-0.39, 0.29) is 18.2 Å². The highest BCUT2D eigenvalue weighted by Crippen LogP contribution is 2.20. The molecule has 1 fully saturated rings. The number of hydrogen-bond acceptors (Lipinski definition) is 5. The summed E-state index contributed by atoms with van der Waals surface area (Å²) in [5.41, 5.74) is 8.08. The van der Waals surface area contributed by atoms with Gasteiger partial charge >= 0.3 is 0 Å². The molecule has 1 aliphatic rings. The molecule has 0 unspecified atom stereocenters. The summed E-state index contributed by atoms with van der Waals surface area (Å²) in [6.07, 6.45) is 1.18. The van der Waals surface area contributed by atoms with E-state index in [0.29, 0.717) is 36.5 Å². The highest BCUT2D eigenvalue weighted by Gasteiger charge is 2.36. The van der Waals surface area contributed by atoms with Gasteiger partial charge in [-0.25, -0.2) is 13.1 Å². The van der Waals surface area contributed by atoms with Gasteiger partial charge < -0.3 is 16.0 Å². The number of sulfonamides is 1. The van der Waals surface area contributed by atoms with Gasteiger partial charge in [-0.15, -0.1) is 0 Å². The molecule has 10 heteroatoms. The molecule has 0 aromatic heterocycles. The second kappa shape index (κ2) is 11.1. The minimum Gasteiger partial charge on any atom is -0.350 e. The number of likely N-dealkylation sites (tertiary alicyclic amines) is 1. The first-order chi connectivity index (χ1) is 15.7. The van der Waals surface area contributed by atoms with Gasteiger partial charge in [0.05, 0.1) is 11.8 Å². The van der Waals surface area contributed by atoms with Crippen LogP contribution in [0.1, 0.15) is 36.5 Å². The first-order valence-electron chi connectivity index (χ1n) is 10.8. The fraction of sp³-hybridized carbons (Fsp3) is 0.391. The molecule has 2 atom stereocenters. The molecule has 0 bridgehead atoms. The van der Waals surface area contributed by atoms with Gasteiger partial charge in [0.2, 0.25) is 21.8 Å². The van der Waals surface area contributed by atoms with Gasteiger partial charge in [0.15, 0.2) is 0 Å². The average molecular weight is 493 g/mol. The molecule has 1 heterocycles. The van der Waals surface area contributed by atoms with Crippen molar-refractivity contribution < 1.29 is 18.0 Å². The summed E-state index contributed by atoms with van der Waals surface area (Å²) in [7, 11) is -3.73. The van der Waals surface area contributed by atoms with Gasteiger partial charge in [0.1, 0.15) is 6.04 Å². The van der Waals surface area contributed by atoms with Crippen molar-refractivity contribution in [2.75, 3.05) is 6.54 Å². The van der Waals surface area contributed by atoms with Gasteiger partial charge in [0, 0.05) is 24.7 Å². The van der Waals surface area contributed by atoms with Crippen molar-refractivity contribution in [1.82, 2.24) is 14.9 Å². The summed E-state index contributed by atoms with van der Waals surface area (Å²) in [5, 5.41) is 3.41. The van der Waals surface area contributed by atoms with Gasteiger partial charge in [-0.05, 0) is 48.6 Å². The number of amides is 2. The Morgan fingerprint density at radius 2 is 1.91 bits per heavy atom. The minimum atomic E-state index is -3.73. The zero-order chi connectivity index (χ0) is 24.0. The van der Waals surface area contributed by atoms with E-state index >= 15 is 0 Å². The molecule has 0 aliphatic carbocycles. The summed E-state index contributed by atoms with van der Waals surface area (Å²) in [4.78, 5) is 27.3. The second-order valence-corrected chi connectivity index (χ2v) is 10.3. The fourth-order valence-corrected chi connectivity index (χ4v) is 5.51. The lowest BCUT2D eigenvalue weighted by Crippen LogP contribution is -2.52. The standard InChI is InChI=1S/C23H29ClN4O4S/c1-16(27-33(31,32)15-17-6-3-2-4-7-17)23(30)28-11-5-8-21(28)22(29)26-14-19-12-20(24)10-9-18(19)13-25/h2-4,6-7,9-10,12,16,21,27H,5,8,11,13-15,25H2,1H3,(H,26,29)/t16-,21+/m1/s1. The molecule has 2 aromatic carbocycles. The van der Waals surface area contributed by atoms with Crippen LogP contribution < -0.4 is 15.8 Å². The van der Waals surface area contributed by atoms with Crippen LogP contribution in [0.3, 0.4) is 0 Å². The highest BCUT2D eigenvalue weighted by molar-refractivity contribution is 7.88. The predicted octanol–water partition coefficient (Wildman–Crippen LogP) is 1.91. The molecule has 8 nitrogen and oxygen atoms in total. The Kier molecular flexibility index (Phi) is 8.47. The normalized spacial score (nSPS) is 17.1. The Morgan fingerprint density at radius 3 is 2.61 bits per heavy atom. The molecule has 3 rings (SSSR count). The third-order valence-corrected chi connectivity index (χ3v) is 7.27. The van der Waals surface area contributed by atoms with Crippen LogP contribution in [0, 0.1) is 0 Å². The minimum absolute atomic E-state index is 0.224. The van der Waals surface area contributed by atoms with Gasteiger partial charge in [0.25, 0.3) is 0 Å². The van der Waals surface area contributed by atoms with E-state index in [0.717, 1.165) is 11.1 Å². The van der Waals surface area contributed by atoms with Crippen molar-refractivity contribution >= 4 is 33.4 Å². The second-order valence-electron chi connectivity index (χ2n) is 8.11. The van der Waals surface area contributed by atoms with Crippen LogP contribution in [0.25, 0.3) is 0 Å². The van der Waals surface area contributed by atoms with Crippen LogP contribution in [-0.2, 0) is 38.5 Å². The molecule has 1 saturated heterocycles.